The van der Waals surface area contributed by atoms with E-state index in [2.05, 4.69) is 15.2 Å². The predicted octanol–water partition coefficient (Wildman–Crippen LogP) is 1.57. The topological polar surface area (TPSA) is 80.4 Å². The van der Waals surface area contributed by atoms with Crippen LogP contribution in [0.4, 0.5) is 0 Å². The number of carboxylic acids is 1. The van der Waals surface area contributed by atoms with Crippen molar-refractivity contribution in [2.45, 2.75) is 25.7 Å². The van der Waals surface area contributed by atoms with Crippen LogP contribution in [0.3, 0.4) is 0 Å². The molecular formula is C13H14N4O2. The molecule has 0 saturated heterocycles. The van der Waals surface area contributed by atoms with E-state index in [1.807, 2.05) is 25.1 Å². The normalized spacial score (nSPS) is 22.8. The van der Waals surface area contributed by atoms with E-state index in [-0.39, 0.29) is 5.92 Å². The minimum Gasteiger partial charge on any atom is -0.481 e. The first-order valence-electron chi connectivity index (χ1n) is 6.22. The number of aromatic nitrogens is 4. The third kappa shape index (κ3) is 1.99. The van der Waals surface area contributed by atoms with Crippen LogP contribution in [0.2, 0.25) is 0 Å². The summed E-state index contributed by atoms with van der Waals surface area (Å²) in [6, 6.07) is 1.84. The molecule has 0 spiro atoms. The van der Waals surface area contributed by atoms with Crippen molar-refractivity contribution >= 4 is 11.6 Å². The molecule has 0 bridgehead atoms. The molecule has 1 N–H and O–H groups in total. The lowest BCUT2D eigenvalue weighted by Gasteiger charge is -2.23. The third-order valence-corrected chi connectivity index (χ3v) is 3.54. The van der Waals surface area contributed by atoms with Crippen molar-refractivity contribution in [3.05, 3.63) is 36.1 Å². The van der Waals surface area contributed by atoms with E-state index in [9.17, 15) is 9.90 Å². The standard InChI is InChI=1S/C13H14N4O2/c1-8-6-11-15-16-12(17(11)7-14-8)9-4-2-3-5-10(9)13(18)19/h2-3,6-7,9-10H,4-5H2,1H3,(H,18,19). The predicted molar refractivity (Wildman–Crippen MR) is 67.8 cm³/mol. The zero-order chi connectivity index (χ0) is 13.4. The fourth-order valence-corrected chi connectivity index (χ4v) is 2.53. The summed E-state index contributed by atoms with van der Waals surface area (Å²) in [6.45, 7) is 1.89. The smallest absolute Gasteiger partial charge is 0.307 e. The van der Waals surface area contributed by atoms with Crippen LogP contribution in [0.25, 0.3) is 5.65 Å². The lowest BCUT2D eigenvalue weighted by molar-refractivity contribution is -0.142. The van der Waals surface area contributed by atoms with Gasteiger partial charge in [-0.2, -0.15) is 0 Å². The van der Waals surface area contributed by atoms with E-state index in [4.69, 9.17) is 0 Å². The van der Waals surface area contributed by atoms with Gasteiger partial charge in [0, 0.05) is 17.7 Å². The van der Waals surface area contributed by atoms with Gasteiger partial charge in [0.2, 0.25) is 0 Å². The molecule has 2 aromatic heterocycles. The van der Waals surface area contributed by atoms with Gasteiger partial charge in [-0.15, -0.1) is 10.2 Å². The summed E-state index contributed by atoms with van der Waals surface area (Å²) in [5, 5.41) is 17.6. The van der Waals surface area contributed by atoms with E-state index < -0.39 is 11.9 Å². The van der Waals surface area contributed by atoms with Crippen molar-refractivity contribution < 1.29 is 9.90 Å². The van der Waals surface area contributed by atoms with Gasteiger partial charge >= 0.3 is 5.97 Å². The first-order chi connectivity index (χ1) is 9.16. The minimum atomic E-state index is -0.786. The molecule has 2 heterocycles. The molecule has 19 heavy (non-hydrogen) atoms. The molecule has 0 saturated carbocycles. The molecule has 1 aliphatic rings. The quantitative estimate of drug-likeness (QED) is 0.827. The molecule has 0 aliphatic heterocycles. The van der Waals surface area contributed by atoms with Gasteiger partial charge in [0.25, 0.3) is 0 Å². The number of carboxylic acid groups (broad SMARTS) is 1. The minimum absolute atomic E-state index is 0.151. The lowest BCUT2D eigenvalue weighted by atomic mass is 9.82. The molecule has 0 aromatic carbocycles. The van der Waals surface area contributed by atoms with E-state index in [0.29, 0.717) is 24.3 Å². The SMILES string of the molecule is Cc1cc2nnc(C3CC=CCC3C(=O)O)n2cn1. The van der Waals surface area contributed by atoms with Gasteiger partial charge in [0.05, 0.1) is 5.92 Å². The number of aliphatic carboxylic acids is 1. The summed E-state index contributed by atoms with van der Waals surface area (Å²) in [6.07, 6.45) is 6.80. The highest BCUT2D eigenvalue weighted by Gasteiger charge is 2.33. The van der Waals surface area contributed by atoms with Crippen molar-refractivity contribution in [3.8, 4) is 0 Å². The highest BCUT2D eigenvalue weighted by Crippen LogP contribution is 2.33. The molecule has 3 rings (SSSR count). The largest absolute Gasteiger partial charge is 0.481 e. The van der Waals surface area contributed by atoms with Crippen LogP contribution in [0, 0.1) is 12.8 Å². The summed E-state index contributed by atoms with van der Waals surface area (Å²) >= 11 is 0. The molecule has 2 aromatic rings. The van der Waals surface area contributed by atoms with Crippen LogP contribution in [0.1, 0.15) is 30.3 Å². The van der Waals surface area contributed by atoms with Crippen molar-refractivity contribution in [2.24, 2.45) is 5.92 Å². The van der Waals surface area contributed by atoms with Crippen LogP contribution in [-0.4, -0.2) is 30.7 Å². The van der Waals surface area contributed by atoms with Gasteiger partial charge in [0.15, 0.2) is 5.65 Å². The summed E-state index contributed by atoms with van der Waals surface area (Å²) in [5.74, 6) is -0.703. The Morgan fingerprint density at radius 1 is 1.37 bits per heavy atom. The van der Waals surface area contributed by atoms with Gasteiger partial charge in [0.1, 0.15) is 12.2 Å². The van der Waals surface area contributed by atoms with Crippen LogP contribution in [0.15, 0.2) is 24.5 Å². The zero-order valence-corrected chi connectivity index (χ0v) is 10.5. The van der Waals surface area contributed by atoms with E-state index >= 15 is 0 Å². The van der Waals surface area contributed by atoms with E-state index in [0.717, 1.165) is 5.69 Å². The van der Waals surface area contributed by atoms with Gasteiger partial charge in [-0.25, -0.2) is 4.98 Å². The number of aryl methyl sites for hydroxylation is 1. The Morgan fingerprint density at radius 2 is 2.16 bits per heavy atom. The Bertz CT molecular complexity index is 662. The molecule has 2 atom stereocenters. The molecule has 1 aliphatic carbocycles. The number of hydrogen-bond acceptors (Lipinski definition) is 4. The molecule has 0 radical (unpaired) electrons. The summed E-state index contributed by atoms with van der Waals surface area (Å²) in [7, 11) is 0. The van der Waals surface area contributed by atoms with Gasteiger partial charge in [-0.3, -0.25) is 9.20 Å². The number of fused-ring (bicyclic) bond motifs is 1. The van der Waals surface area contributed by atoms with Gasteiger partial charge < -0.3 is 5.11 Å². The number of nitrogens with zero attached hydrogens (tertiary/aromatic N) is 4. The second-order valence-electron chi connectivity index (χ2n) is 4.81. The first-order valence-corrected chi connectivity index (χ1v) is 6.22. The second kappa shape index (κ2) is 4.46. The van der Waals surface area contributed by atoms with Crippen LogP contribution < -0.4 is 0 Å². The highest BCUT2D eigenvalue weighted by molar-refractivity contribution is 5.71. The molecule has 0 fully saturated rings. The monoisotopic (exact) mass is 258 g/mol. The number of allylic oxidation sites excluding steroid dienone is 2. The van der Waals surface area contributed by atoms with Crippen molar-refractivity contribution in [1.82, 2.24) is 19.6 Å². The molecule has 98 valence electrons. The third-order valence-electron chi connectivity index (χ3n) is 3.54. The maximum Gasteiger partial charge on any atom is 0.307 e. The van der Waals surface area contributed by atoms with Crippen LogP contribution >= 0.6 is 0 Å². The van der Waals surface area contributed by atoms with Crippen LogP contribution in [0.5, 0.6) is 0 Å². The number of carbonyl (C=O) groups is 1. The molecule has 0 amide bonds. The molecule has 6 heteroatoms. The summed E-state index contributed by atoms with van der Waals surface area (Å²) < 4.78 is 1.78. The average Bonchev–Trinajstić information content (AvgIpc) is 2.81. The number of rotatable bonds is 2. The van der Waals surface area contributed by atoms with Crippen molar-refractivity contribution in [3.63, 3.8) is 0 Å². The van der Waals surface area contributed by atoms with Crippen molar-refractivity contribution in [1.29, 1.82) is 0 Å². The second-order valence-corrected chi connectivity index (χ2v) is 4.81. The van der Waals surface area contributed by atoms with Gasteiger partial charge in [-0.05, 0) is 19.8 Å². The average molecular weight is 258 g/mol. The van der Waals surface area contributed by atoms with E-state index in [1.165, 1.54) is 0 Å². The molecule has 2 unspecified atom stereocenters. The van der Waals surface area contributed by atoms with E-state index in [1.54, 1.807) is 10.7 Å². The fraction of sp³-hybridized carbons (Fsp3) is 0.385. The lowest BCUT2D eigenvalue weighted by Crippen LogP contribution is -2.25. The maximum atomic E-state index is 11.3. The maximum absolute atomic E-state index is 11.3. The first kappa shape index (κ1) is 11.8. The van der Waals surface area contributed by atoms with Crippen LogP contribution in [-0.2, 0) is 4.79 Å². The Balaban J connectivity index is 2.08. The molecular weight excluding hydrogens is 244 g/mol. The Morgan fingerprint density at radius 3 is 2.95 bits per heavy atom. The van der Waals surface area contributed by atoms with Gasteiger partial charge in [-0.1, -0.05) is 12.2 Å². The Labute approximate surface area is 109 Å². The molecule has 6 nitrogen and oxygen atoms in total. The summed E-state index contributed by atoms with van der Waals surface area (Å²) in [5.41, 5.74) is 1.57. The zero-order valence-electron chi connectivity index (χ0n) is 10.5. The van der Waals surface area contributed by atoms with Crippen molar-refractivity contribution in [2.75, 3.05) is 0 Å². The summed E-state index contributed by atoms with van der Waals surface area (Å²) in [4.78, 5) is 15.6. The highest BCUT2D eigenvalue weighted by atomic mass is 16.4. The number of hydrogen-bond donors (Lipinski definition) is 1. The fourth-order valence-electron chi connectivity index (χ4n) is 2.53. The Kier molecular flexibility index (Phi) is 2.77. The Hall–Kier alpha value is -2.24.